The number of allylic oxidation sites excluding steroid dienone is 3. The van der Waals surface area contributed by atoms with Gasteiger partial charge in [-0.15, -0.1) is 0 Å². The Labute approximate surface area is 533 Å². The van der Waals surface area contributed by atoms with Crippen LogP contribution in [0.2, 0.25) is 5.02 Å². The number of benzene rings is 2. The number of esters is 1. The van der Waals surface area contributed by atoms with E-state index in [0.29, 0.717) is 64.8 Å². The maximum absolute atomic E-state index is 14.7. The number of rotatable bonds is 25. The zero-order chi connectivity index (χ0) is 65.7. The lowest BCUT2D eigenvalue weighted by molar-refractivity contribution is -0.158. The molecule has 0 aliphatic carbocycles. The highest BCUT2D eigenvalue weighted by molar-refractivity contribution is 9.09. The Morgan fingerprint density at radius 3 is 2.45 bits per heavy atom. The molecule has 2 saturated heterocycles. The Morgan fingerprint density at radius 2 is 1.76 bits per heavy atom. The number of nitrogens with zero attached hydrogens (tertiary/aromatic N) is 3. The molecule has 24 heteroatoms. The third kappa shape index (κ3) is 18.3. The number of aromatic nitrogens is 1. The molecule has 0 unspecified atom stereocenters. The minimum atomic E-state index is -1.90. The van der Waals surface area contributed by atoms with Gasteiger partial charge in [0, 0.05) is 94.3 Å². The zero-order valence-corrected chi connectivity index (χ0v) is 54.8. The molecule has 10 atom stereocenters. The summed E-state index contributed by atoms with van der Waals surface area (Å²) < 4.78 is 24.1. The Bertz CT molecular complexity index is 3230. The molecule has 3 aliphatic heterocycles. The predicted molar refractivity (Wildman–Crippen MR) is 340 cm³/mol. The van der Waals surface area contributed by atoms with E-state index in [4.69, 9.17) is 36.3 Å². The molecule has 2 fully saturated rings. The number of nitrogens with two attached hydrogens (primary N) is 1. The van der Waals surface area contributed by atoms with Crippen molar-refractivity contribution in [1.29, 1.82) is 0 Å². The van der Waals surface area contributed by atoms with Gasteiger partial charge < -0.3 is 55.5 Å². The molecule has 0 saturated carbocycles. The van der Waals surface area contributed by atoms with Crippen LogP contribution >= 0.6 is 27.5 Å². The summed E-state index contributed by atoms with van der Waals surface area (Å²) in [7, 11) is 4.41. The number of unbranched alkanes of at least 4 members (excludes halogenated alkanes) is 2. The highest BCUT2D eigenvalue weighted by Gasteiger charge is 2.64. The first-order chi connectivity index (χ1) is 42.0. The van der Waals surface area contributed by atoms with E-state index in [0.717, 1.165) is 16.7 Å². The Hall–Kier alpha value is -7.05. The third-order valence-electron chi connectivity index (χ3n) is 17.1. The summed E-state index contributed by atoms with van der Waals surface area (Å²) in [5.41, 5.74) is 6.18. The van der Waals surface area contributed by atoms with E-state index in [2.05, 4.69) is 48.8 Å². The fraction of sp³-hybridized carbons (Fsp3) is 0.538. The standard InChI is InChI=1S/C65H86BrClN8O14/c1-36(2)47(32-44(76)19-13-12-14-25-70-58(79)39(5)35-66)59(80)72-48(21-17-27-71-62(68)83)50(77)31-43-23-24-46(56-45(43)20-16-26-69-56)60(81)74(9)41(7)61(82)88-53-33-54(78)75(10)49-30-42(29-38(4)55(49)67)28-37(3)18-15-22-52(86-11)65(85)34-51(87-63(84)73-65)40(6)57-64(53,8)89-57/h15-16,18,20,22-24,26,29-30,36,40-41,47-48,51-53,57,85H,5,12-14,17,19,21,25,27-28,31-35H2,1-4,6-11H3,(H,70,79)(H,72,80)(H,73,84)(H3,68,71,83)/b22-15+,37-18+/t40-,41+,47+,48+,51+,52-,53+,57+,64+,65+/m1/s1. The lowest BCUT2D eigenvalue weighted by Gasteiger charge is -2.42. The first-order valence-electron chi connectivity index (χ1n) is 30.1. The van der Waals surface area contributed by atoms with Gasteiger partial charge in [0.1, 0.15) is 35.7 Å². The molecule has 0 spiro atoms. The molecule has 4 bridgehead atoms. The monoisotopic (exact) mass is 1320 g/mol. The molecule has 7 amide bonds. The van der Waals surface area contributed by atoms with Crippen LogP contribution in [0.3, 0.4) is 0 Å². The van der Waals surface area contributed by atoms with Crippen LogP contribution in [0.4, 0.5) is 15.3 Å². The maximum Gasteiger partial charge on any atom is 0.409 e. The van der Waals surface area contributed by atoms with Crippen molar-refractivity contribution >= 4 is 97.4 Å². The number of hydrogen-bond donors (Lipinski definition) is 6. The van der Waals surface area contributed by atoms with Crippen molar-refractivity contribution in [2.45, 2.75) is 167 Å². The van der Waals surface area contributed by atoms with E-state index in [-0.39, 0.29) is 79.5 Å². The smallest absolute Gasteiger partial charge is 0.409 e. The molecule has 6 rings (SSSR count). The number of epoxide rings is 1. The van der Waals surface area contributed by atoms with Crippen molar-refractivity contribution in [3.63, 3.8) is 0 Å². The minimum Gasteiger partial charge on any atom is -0.457 e. The van der Waals surface area contributed by atoms with Gasteiger partial charge in [0.25, 0.3) is 5.91 Å². The van der Waals surface area contributed by atoms with Crippen LogP contribution in [-0.4, -0.2) is 156 Å². The van der Waals surface area contributed by atoms with Gasteiger partial charge in [0.15, 0.2) is 11.5 Å². The second-order valence-corrected chi connectivity index (χ2v) is 25.1. The molecule has 0 radical (unpaired) electrons. The van der Waals surface area contributed by atoms with E-state index in [1.54, 1.807) is 51.2 Å². The van der Waals surface area contributed by atoms with E-state index in [1.165, 1.54) is 43.1 Å². The number of ketones is 2. The highest BCUT2D eigenvalue weighted by Crippen LogP contribution is 2.49. The number of fused-ring (bicyclic) bond motifs is 6. The van der Waals surface area contributed by atoms with Crippen LogP contribution < -0.4 is 31.9 Å². The second kappa shape index (κ2) is 31.6. The number of methoxy groups -OCH3 is 1. The van der Waals surface area contributed by atoms with E-state index < -0.39 is 102 Å². The number of carbonyl (C=O) groups excluding carboxylic acids is 9. The van der Waals surface area contributed by atoms with E-state index in [1.807, 2.05) is 45.9 Å². The summed E-state index contributed by atoms with van der Waals surface area (Å²) >= 11 is 10.1. The number of halogens is 2. The predicted octanol–water partition coefficient (Wildman–Crippen LogP) is 7.58. The van der Waals surface area contributed by atoms with Gasteiger partial charge in [-0.2, -0.15) is 0 Å². The molecular formula is C65H86BrClN8O14. The van der Waals surface area contributed by atoms with E-state index >= 15 is 0 Å². The number of aryl methyl sites for hydroxylation is 1. The summed E-state index contributed by atoms with van der Waals surface area (Å²) in [6.07, 6.45) is 4.08. The highest BCUT2D eigenvalue weighted by atomic mass is 79.9. The number of nitrogens with one attached hydrogen (secondary N) is 4. The number of alkyl halides is 1. The normalized spacial score (nSPS) is 23.9. The number of alkyl carbamates (subject to hydrolysis) is 1. The van der Waals surface area contributed by atoms with Crippen molar-refractivity contribution in [2.24, 2.45) is 23.5 Å². The topological polar surface area (TPSA) is 308 Å². The minimum absolute atomic E-state index is 0.0412. The lowest BCUT2D eigenvalue weighted by Crippen LogP contribution is -2.63. The number of ether oxygens (including phenoxy) is 4. The van der Waals surface area contributed by atoms with Gasteiger partial charge in [-0.05, 0) is 101 Å². The van der Waals surface area contributed by atoms with Crippen LogP contribution in [0.25, 0.3) is 10.9 Å². The number of likely N-dealkylation sites (N-methyl/N-ethyl adjacent to an activating group) is 1. The molecule has 22 nitrogen and oxygen atoms in total. The summed E-state index contributed by atoms with van der Waals surface area (Å²) in [6, 6.07) is 7.12. The fourth-order valence-electron chi connectivity index (χ4n) is 11.4. The van der Waals surface area contributed by atoms with Gasteiger partial charge in [0.05, 0.1) is 40.4 Å². The van der Waals surface area contributed by atoms with Crippen molar-refractivity contribution in [1.82, 2.24) is 31.2 Å². The molecule has 3 aromatic rings. The average Bonchev–Trinajstić information content (AvgIpc) is 1.79. The molecule has 7 N–H and O–H groups in total. The zero-order valence-electron chi connectivity index (χ0n) is 52.5. The van der Waals surface area contributed by atoms with Crippen LogP contribution in [0.5, 0.6) is 0 Å². The van der Waals surface area contributed by atoms with Gasteiger partial charge >= 0.3 is 18.1 Å². The van der Waals surface area contributed by atoms with Gasteiger partial charge in [-0.3, -0.25) is 39.1 Å². The Kier molecular flexibility index (Phi) is 25.2. The summed E-state index contributed by atoms with van der Waals surface area (Å²) in [5, 5.41) is 23.8. The lowest BCUT2D eigenvalue weighted by atomic mass is 9.83. The third-order valence-corrected chi connectivity index (χ3v) is 18.2. The van der Waals surface area contributed by atoms with Crippen LogP contribution in [0.15, 0.2) is 78.5 Å². The van der Waals surface area contributed by atoms with Crippen molar-refractivity contribution in [3.8, 4) is 0 Å². The van der Waals surface area contributed by atoms with E-state index in [9.17, 15) is 48.3 Å². The summed E-state index contributed by atoms with van der Waals surface area (Å²) in [6.45, 7) is 16.6. The van der Waals surface area contributed by atoms with Crippen molar-refractivity contribution < 1.29 is 67.2 Å². The van der Waals surface area contributed by atoms with Crippen molar-refractivity contribution in [3.05, 3.63) is 106 Å². The number of Topliss-reactive ketones (excluding diaryl/α,β-unsaturated/α-hetero) is 2. The van der Waals surface area contributed by atoms with Gasteiger partial charge in [0.2, 0.25) is 17.7 Å². The maximum atomic E-state index is 14.7. The molecule has 89 heavy (non-hydrogen) atoms. The van der Waals surface area contributed by atoms with Crippen LogP contribution in [0.1, 0.15) is 126 Å². The number of amides is 7. The number of urea groups is 1. The fourth-order valence-corrected chi connectivity index (χ4v) is 11.9. The SMILES string of the molecule is C=C(CBr)C(=O)NCCCCCC(=O)C[C@H](C(=O)N[C@@H](CCCNC(N)=O)C(=O)Cc1ccc(C(=O)N(C)[C@@H](C)C(=O)O[C@H]2CC(=O)N(C)c3cc(cc(C)c3Cl)C/C(C)=C/C=C/[C@@H](OC)[C@@]3(O)C[C@H](OC(=O)N3)[C@@H](C)[C@@H]3O[C@@]23C)c2ncccc12)C(C)C. The largest absolute Gasteiger partial charge is 0.457 e. The molecule has 4 heterocycles. The number of carbonyl (C=O) groups is 9. The van der Waals surface area contributed by atoms with Crippen LogP contribution in [-0.2, 0) is 60.6 Å². The summed E-state index contributed by atoms with van der Waals surface area (Å²) in [4.78, 5) is 129. The number of hydrogen-bond acceptors (Lipinski definition) is 15. The van der Waals surface area contributed by atoms with Crippen LogP contribution in [0, 0.1) is 24.7 Å². The number of primary amides is 1. The number of anilines is 1. The second-order valence-electron chi connectivity index (χ2n) is 24.1. The average molecular weight is 1320 g/mol. The molecule has 2 aromatic carbocycles. The Morgan fingerprint density at radius 1 is 1.04 bits per heavy atom. The van der Waals surface area contributed by atoms with Gasteiger partial charge in [-0.25, -0.2) is 14.4 Å². The number of aliphatic hydroxyl groups is 1. The quantitative estimate of drug-likeness (QED) is 0.0157. The first kappa shape index (κ1) is 71.0. The Balaban J connectivity index is 1.21. The molecule has 1 aromatic heterocycles. The molecule has 484 valence electrons. The first-order valence-corrected chi connectivity index (χ1v) is 31.6. The molecule has 3 aliphatic rings. The van der Waals surface area contributed by atoms with Crippen molar-refractivity contribution in [2.75, 3.05) is 44.5 Å². The van der Waals surface area contributed by atoms with Gasteiger partial charge in [-0.1, -0.05) is 103 Å². The summed E-state index contributed by atoms with van der Waals surface area (Å²) in [5.74, 6) is -4.84. The number of pyridine rings is 1. The molecular weight excluding hydrogens is 1230 g/mol.